The molecule has 1 unspecified atom stereocenters. The fourth-order valence-corrected chi connectivity index (χ4v) is 4.00. The van der Waals surface area contributed by atoms with Gasteiger partial charge in [-0.25, -0.2) is 0 Å². The molecule has 6 heteroatoms. The SMILES string of the molecule is CCNC(=NCC1(CCOCC)CC1)NCC(c1ccco1)N1CCCCC1. The van der Waals surface area contributed by atoms with E-state index in [1.807, 2.05) is 6.07 Å². The van der Waals surface area contributed by atoms with Crippen molar-refractivity contribution in [2.24, 2.45) is 10.4 Å². The lowest BCUT2D eigenvalue weighted by atomic mass is 10.0. The molecule has 1 aromatic heterocycles. The summed E-state index contributed by atoms with van der Waals surface area (Å²) >= 11 is 0. The van der Waals surface area contributed by atoms with Crippen LogP contribution in [0.1, 0.15) is 64.2 Å². The first-order chi connectivity index (χ1) is 13.8. The van der Waals surface area contributed by atoms with Crippen molar-refractivity contribution < 1.29 is 9.15 Å². The van der Waals surface area contributed by atoms with E-state index in [1.165, 1.54) is 32.1 Å². The van der Waals surface area contributed by atoms with E-state index in [0.29, 0.717) is 5.41 Å². The Labute approximate surface area is 170 Å². The van der Waals surface area contributed by atoms with Crippen molar-refractivity contribution in [2.45, 2.75) is 58.4 Å². The first-order valence-electron chi connectivity index (χ1n) is 11.1. The van der Waals surface area contributed by atoms with Gasteiger partial charge in [-0.05, 0) is 76.6 Å². The molecule has 0 radical (unpaired) electrons. The molecule has 1 aromatic rings. The second-order valence-corrected chi connectivity index (χ2v) is 8.15. The number of rotatable bonds is 11. The normalized spacial score (nSPS) is 20.7. The first kappa shape index (κ1) is 21.2. The van der Waals surface area contributed by atoms with Crippen molar-refractivity contribution in [3.05, 3.63) is 24.2 Å². The van der Waals surface area contributed by atoms with Crippen molar-refractivity contribution in [1.29, 1.82) is 0 Å². The predicted molar refractivity (Wildman–Crippen MR) is 114 cm³/mol. The van der Waals surface area contributed by atoms with Gasteiger partial charge < -0.3 is 19.8 Å². The molecule has 2 N–H and O–H groups in total. The molecule has 1 saturated heterocycles. The van der Waals surface area contributed by atoms with Crippen LogP contribution in [0.15, 0.2) is 27.8 Å². The summed E-state index contributed by atoms with van der Waals surface area (Å²) in [5, 5.41) is 6.99. The summed E-state index contributed by atoms with van der Waals surface area (Å²) in [7, 11) is 0. The minimum atomic E-state index is 0.256. The number of aliphatic imine (C=N–C) groups is 1. The first-order valence-corrected chi connectivity index (χ1v) is 11.1. The number of nitrogens with zero attached hydrogens (tertiary/aromatic N) is 2. The maximum atomic E-state index is 5.76. The molecule has 28 heavy (non-hydrogen) atoms. The number of nitrogens with one attached hydrogen (secondary N) is 2. The fraction of sp³-hybridized carbons (Fsp3) is 0.773. The molecule has 1 aliphatic carbocycles. The summed E-state index contributed by atoms with van der Waals surface area (Å²) in [5.41, 5.74) is 0.366. The highest BCUT2D eigenvalue weighted by Gasteiger charge is 2.42. The van der Waals surface area contributed by atoms with Crippen LogP contribution in [0.25, 0.3) is 0 Å². The van der Waals surface area contributed by atoms with Crippen LogP contribution in [0.2, 0.25) is 0 Å². The highest BCUT2D eigenvalue weighted by Crippen LogP contribution is 2.49. The quantitative estimate of drug-likeness (QED) is 0.344. The van der Waals surface area contributed by atoms with Gasteiger partial charge in [-0.3, -0.25) is 9.89 Å². The van der Waals surface area contributed by atoms with Gasteiger partial charge in [0.05, 0.1) is 12.3 Å². The third-order valence-corrected chi connectivity index (χ3v) is 6.02. The molecular weight excluding hydrogens is 352 g/mol. The number of guanidine groups is 1. The molecule has 158 valence electrons. The Morgan fingerprint density at radius 1 is 1.25 bits per heavy atom. The van der Waals surface area contributed by atoms with Gasteiger partial charge in [0.15, 0.2) is 5.96 Å². The number of hydrogen-bond donors (Lipinski definition) is 2. The number of piperidine rings is 1. The van der Waals surface area contributed by atoms with Crippen LogP contribution in [-0.2, 0) is 4.74 Å². The van der Waals surface area contributed by atoms with Crippen LogP contribution >= 0.6 is 0 Å². The third-order valence-electron chi connectivity index (χ3n) is 6.02. The van der Waals surface area contributed by atoms with Crippen LogP contribution in [0.3, 0.4) is 0 Å². The molecule has 2 heterocycles. The molecule has 1 saturated carbocycles. The molecule has 6 nitrogen and oxygen atoms in total. The maximum Gasteiger partial charge on any atom is 0.191 e. The Morgan fingerprint density at radius 3 is 2.71 bits per heavy atom. The zero-order valence-electron chi connectivity index (χ0n) is 17.7. The van der Waals surface area contributed by atoms with Gasteiger partial charge in [0.1, 0.15) is 5.76 Å². The van der Waals surface area contributed by atoms with Gasteiger partial charge in [0, 0.05) is 32.8 Å². The van der Waals surface area contributed by atoms with E-state index in [2.05, 4.69) is 35.4 Å². The van der Waals surface area contributed by atoms with Crippen LogP contribution in [0.5, 0.6) is 0 Å². The van der Waals surface area contributed by atoms with E-state index in [9.17, 15) is 0 Å². The molecule has 2 fully saturated rings. The van der Waals surface area contributed by atoms with Gasteiger partial charge in [0.2, 0.25) is 0 Å². The van der Waals surface area contributed by atoms with Gasteiger partial charge in [0.25, 0.3) is 0 Å². The second-order valence-electron chi connectivity index (χ2n) is 8.15. The summed E-state index contributed by atoms with van der Waals surface area (Å²) in [5.74, 6) is 1.96. The van der Waals surface area contributed by atoms with Gasteiger partial charge >= 0.3 is 0 Å². The molecular formula is C22H38N4O2. The summed E-state index contributed by atoms with van der Waals surface area (Å²) in [6, 6.07) is 4.34. The number of ether oxygens (including phenoxy) is 1. The Bertz CT molecular complexity index is 577. The van der Waals surface area contributed by atoms with Crippen LogP contribution in [0, 0.1) is 5.41 Å². The Hall–Kier alpha value is -1.53. The van der Waals surface area contributed by atoms with Crippen molar-refractivity contribution in [3.8, 4) is 0 Å². The van der Waals surface area contributed by atoms with E-state index in [4.69, 9.17) is 14.1 Å². The van der Waals surface area contributed by atoms with E-state index in [1.54, 1.807) is 6.26 Å². The summed E-state index contributed by atoms with van der Waals surface area (Å²) in [6.07, 6.45) is 9.31. The number of hydrogen-bond acceptors (Lipinski definition) is 4. The monoisotopic (exact) mass is 390 g/mol. The summed E-state index contributed by atoms with van der Waals surface area (Å²) in [6.45, 7) is 10.7. The highest BCUT2D eigenvalue weighted by molar-refractivity contribution is 5.79. The lowest BCUT2D eigenvalue weighted by Crippen LogP contribution is -2.44. The van der Waals surface area contributed by atoms with E-state index < -0.39 is 0 Å². The second kappa shape index (κ2) is 10.9. The van der Waals surface area contributed by atoms with Crippen molar-refractivity contribution in [1.82, 2.24) is 15.5 Å². The van der Waals surface area contributed by atoms with Crippen LogP contribution in [0.4, 0.5) is 0 Å². The largest absolute Gasteiger partial charge is 0.468 e. The maximum absolute atomic E-state index is 5.76. The van der Waals surface area contributed by atoms with Crippen molar-refractivity contribution in [2.75, 3.05) is 45.9 Å². The average molecular weight is 391 g/mol. The van der Waals surface area contributed by atoms with Gasteiger partial charge in [-0.1, -0.05) is 6.42 Å². The molecule has 3 rings (SSSR count). The lowest BCUT2D eigenvalue weighted by Gasteiger charge is -2.33. The summed E-state index contributed by atoms with van der Waals surface area (Å²) < 4.78 is 11.3. The highest BCUT2D eigenvalue weighted by atomic mass is 16.5. The zero-order chi connectivity index (χ0) is 19.7. The molecule has 0 aromatic carbocycles. The topological polar surface area (TPSA) is 62.0 Å². The van der Waals surface area contributed by atoms with Gasteiger partial charge in [-0.2, -0.15) is 0 Å². The predicted octanol–water partition coefficient (Wildman–Crippen LogP) is 3.57. The molecule has 0 spiro atoms. The molecule has 0 amide bonds. The van der Waals surface area contributed by atoms with Crippen LogP contribution < -0.4 is 10.6 Å². The zero-order valence-corrected chi connectivity index (χ0v) is 17.7. The Morgan fingerprint density at radius 2 is 2.07 bits per heavy atom. The van der Waals surface area contributed by atoms with Crippen molar-refractivity contribution >= 4 is 5.96 Å². The smallest absolute Gasteiger partial charge is 0.191 e. The van der Waals surface area contributed by atoms with Gasteiger partial charge in [-0.15, -0.1) is 0 Å². The van der Waals surface area contributed by atoms with E-state index in [0.717, 1.165) is 64.1 Å². The molecule has 2 aliphatic rings. The third kappa shape index (κ3) is 6.24. The number of likely N-dealkylation sites (tertiary alicyclic amines) is 1. The van der Waals surface area contributed by atoms with E-state index >= 15 is 0 Å². The molecule has 1 aliphatic heterocycles. The average Bonchev–Trinajstić information content (AvgIpc) is 3.28. The Kier molecular flexibility index (Phi) is 8.22. The summed E-state index contributed by atoms with van der Waals surface area (Å²) in [4.78, 5) is 7.46. The standard InChI is InChI=1S/C22H38N4O2/c1-3-23-21(25-18-22(10-11-22)12-16-27-4-2)24-17-19(20-9-8-15-28-20)26-13-6-5-7-14-26/h8-9,15,19H,3-7,10-14,16-18H2,1-2H3,(H2,23,24,25). The minimum Gasteiger partial charge on any atom is -0.468 e. The van der Waals surface area contributed by atoms with Crippen molar-refractivity contribution in [3.63, 3.8) is 0 Å². The molecule has 0 bridgehead atoms. The van der Waals surface area contributed by atoms with Crippen LogP contribution in [-0.4, -0.2) is 56.8 Å². The minimum absolute atomic E-state index is 0.256. The number of furan rings is 1. The molecule has 1 atom stereocenters. The lowest BCUT2D eigenvalue weighted by molar-refractivity contribution is 0.129. The fourth-order valence-electron chi connectivity index (χ4n) is 4.00. The van der Waals surface area contributed by atoms with E-state index in [-0.39, 0.29) is 6.04 Å². The Balaban J connectivity index is 1.57.